The highest BCUT2D eigenvalue weighted by molar-refractivity contribution is 5.36. The van der Waals surface area contributed by atoms with Crippen molar-refractivity contribution in [2.45, 2.75) is 38.0 Å². The van der Waals surface area contributed by atoms with Crippen LogP contribution >= 0.6 is 0 Å². The lowest BCUT2D eigenvalue weighted by molar-refractivity contribution is -0.0946. The van der Waals surface area contributed by atoms with Crippen molar-refractivity contribution in [1.82, 2.24) is 4.90 Å². The number of para-hydroxylation sites is 1. The van der Waals surface area contributed by atoms with Crippen LogP contribution in [0.5, 0.6) is 5.75 Å². The van der Waals surface area contributed by atoms with Gasteiger partial charge < -0.3 is 9.84 Å². The second kappa shape index (κ2) is 4.67. The van der Waals surface area contributed by atoms with Gasteiger partial charge in [0.1, 0.15) is 5.75 Å². The van der Waals surface area contributed by atoms with E-state index < -0.39 is 6.29 Å². The molecule has 0 amide bonds. The van der Waals surface area contributed by atoms with Crippen molar-refractivity contribution >= 4 is 0 Å². The minimum atomic E-state index is -0.678. The van der Waals surface area contributed by atoms with Crippen molar-refractivity contribution in [3.05, 3.63) is 29.8 Å². The SMILES string of the molecule is OC1Oc2ccccc2CC1N1CCCCC1. The lowest BCUT2D eigenvalue weighted by Gasteiger charge is -2.39. The van der Waals surface area contributed by atoms with E-state index >= 15 is 0 Å². The second-order valence-corrected chi connectivity index (χ2v) is 4.98. The van der Waals surface area contributed by atoms with Crippen molar-refractivity contribution in [3.63, 3.8) is 0 Å². The van der Waals surface area contributed by atoms with E-state index in [0.717, 1.165) is 25.3 Å². The first kappa shape index (κ1) is 11.1. The molecule has 0 radical (unpaired) electrons. The van der Waals surface area contributed by atoms with Crippen LogP contribution in [0.4, 0.5) is 0 Å². The number of hydrogen-bond donors (Lipinski definition) is 1. The predicted molar refractivity (Wildman–Crippen MR) is 66.0 cm³/mol. The molecule has 0 aromatic heterocycles. The maximum absolute atomic E-state index is 10.1. The van der Waals surface area contributed by atoms with Gasteiger partial charge in [-0.25, -0.2) is 0 Å². The summed E-state index contributed by atoms with van der Waals surface area (Å²) in [4.78, 5) is 2.38. The monoisotopic (exact) mass is 233 g/mol. The Bertz CT molecular complexity index is 388. The van der Waals surface area contributed by atoms with E-state index in [9.17, 15) is 5.11 Å². The molecule has 2 aliphatic heterocycles. The van der Waals surface area contributed by atoms with Gasteiger partial charge in [0.2, 0.25) is 6.29 Å². The molecule has 2 atom stereocenters. The maximum Gasteiger partial charge on any atom is 0.213 e. The van der Waals surface area contributed by atoms with Crippen molar-refractivity contribution in [1.29, 1.82) is 0 Å². The molecular weight excluding hydrogens is 214 g/mol. The molecule has 3 nitrogen and oxygen atoms in total. The van der Waals surface area contributed by atoms with Crippen LogP contribution < -0.4 is 4.74 Å². The van der Waals surface area contributed by atoms with Crippen LogP contribution in [0.15, 0.2) is 24.3 Å². The highest BCUT2D eigenvalue weighted by atomic mass is 16.6. The van der Waals surface area contributed by atoms with Gasteiger partial charge in [0, 0.05) is 0 Å². The Morgan fingerprint density at radius 2 is 1.88 bits per heavy atom. The number of nitrogens with zero attached hydrogens (tertiary/aromatic N) is 1. The molecular formula is C14H19NO2. The van der Waals surface area contributed by atoms with Crippen LogP contribution in [0.25, 0.3) is 0 Å². The standard InChI is InChI=1S/C14H19NO2/c16-14-12(15-8-4-1-5-9-15)10-11-6-2-3-7-13(11)17-14/h2-3,6-7,12,14,16H,1,4-5,8-10H2. The molecule has 3 rings (SSSR count). The first-order valence-corrected chi connectivity index (χ1v) is 6.51. The zero-order chi connectivity index (χ0) is 11.7. The fourth-order valence-electron chi connectivity index (χ4n) is 2.88. The van der Waals surface area contributed by atoms with Crippen molar-refractivity contribution < 1.29 is 9.84 Å². The lowest BCUT2D eigenvalue weighted by Crippen LogP contribution is -2.51. The Kier molecular flexibility index (Phi) is 3.04. The largest absolute Gasteiger partial charge is 0.463 e. The first-order chi connectivity index (χ1) is 8.34. The predicted octanol–water partition coefficient (Wildman–Crippen LogP) is 1.79. The first-order valence-electron chi connectivity index (χ1n) is 6.51. The highest BCUT2D eigenvalue weighted by Crippen LogP contribution is 2.29. The summed E-state index contributed by atoms with van der Waals surface area (Å²) in [6.45, 7) is 2.18. The van der Waals surface area contributed by atoms with E-state index in [0.29, 0.717) is 0 Å². The molecule has 2 aliphatic rings. The third kappa shape index (κ3) is 2.17. The number of ether oxygens (including phenoxy) is 1. The van der Waals surface area contributed by atoms with Gasteiger partial charge in [-0.3, -0.25) is 4.90 Å². The van der Waals surface area contributed by atoms with E-state index in [2.05, 4.69) is 11.0 Å². The summed E-state index contributed by atoms with van der Waals surface area (Å²) in [7, 11) is 0. The van der Waals surface area contributed by atoms with E-state index in [-0.39, 0.29) is 6.04 Å². The summed E-state index contributed by atoms with van der Waals surface area (Å²) >= 11 is 0. The van der Waals surface area contributed by atoms with E-state index in [1.165, 1.54) is 24.8 Å². The Morgan fingerprint density at radius 1 is 1.12 bits per heavy atom. The zero-order valence-electron chi connectivity index (χ0n) is 10.0. The molecule has 92 valence electrons. The number of hydrogen-bond acceptors (Lipinski definition) is 3. The molecule has 17 heavy (non-hydrogen) atoms. The summed E-state index contributed by atoms with van der Waals surface area (Å²) in [5.41, 5.74) is 1.22. The molecule has 2 unspecified atom stereocenters. The molecule has 0 bridgehead atoms. The molecule has 0 saturated carbocycles. The van der Waals surface area contributed by atoms with Gasteiger partial charge in [-0.2, -0.15) is 0 Å². The van der Waals surface area contributed by atoms with Gasteiger partial charge in [-0.15, -0.1) is 0 Å². The van der Waals surface area contributed by atoms with E-state index in [1.807, 2.05) is 18.2 Å². The van der Waals surface area contributed by atoms with Crippen molar-refractivity contribution in [3.8, 4) is 5.75 Å². The maximum atomic E-state index is 10.1. The van der Waals surface area contributed by atoms with Gasteiger partial charge in [0.05, 0.1) is 6.04 Å². The van der Waals surface area contributed by atoms with Gasteiger partial charge in [-0.1, -0.05) is 24.6 Å². The fourth-order valence-corrected chi connectivity index (χ4v) is 2.88. The minimum absolute atomic E-state index is 0.130. The third-order valence-corrected chi connectivity index (χ3v) is 3.84. The minimum Gasteiger partial charge on any atom is -0.463 e. The number of aliphatic hydroxyl groups is 1. The fraction of sp³-hybridized carbons (Fsp3) is 0.571. The lowest BCUT2D eigenvalue weighted by atomic mass is 9.98. The normalized spacial score (nSPS) is 29.5. The highest BCUT2D eigenvalue weighted by Gasteiger charge is 2.33. The molecule has 1 aromatic rings. The quantitative estimate of drug-likeness (QED) is 0.802. The van der Waals surface area contributed by atoms with Gasteiger partial charge in [-0.05, 0) is 44.0 Å². The molecule has 1 aromatic carbocycles. The van der Waals surface area contributed by atoms with Gasteiger partial charge in [0.15, 0.2) is 0 Å². The molecule has 0 aliphatic carbocycles. The number of likely N-dealkylation sites (tertiary alicyclic amines) is 1. The van der Waals surface area contributed by atoms with Gasteiger partial charge in [0.25, 0.3) is 0 Å². The molecule has 2 heterocycles. The summed E-state index contributed by atoms with van der Waals surface area (Å²) in [6.07, 6.45) is 4.02. The molecule has 1 fully saturated rings. The topological polar surface area (TPSA) is 32.7 Å². The van der Waals surface area contributed by atoms with Crippen LogP contribution in [-0.4, -0.2) is 35.4 Å². The molecule has 1 saturated heterocycles. The second-order valence-electron chi connectivity index (χ2n) is 4.98. The van der Waals surface area contributed by atoms with Gasteiger partial charge >= 0.3 is 0 Å². The number of rotatable bonds is 1. The average Bonchev–Trinajstić information content (AvgIpc) is 2.39. The van der Waals surface area contributed by atoms with Crippen LogP contribution in [0.1, 0.15) is 24.8 Å². The average molecular weight is 233 g/mol. The summed E-state index contributed by atoms with van der Waals surface area (Å²) in [5, 5.41) is 10.1. The number of fused-ring (bicyclic) bond motifs is 1. The van der Waals surface area contributed by atoms with Crippen LogP contribution in [0, 0.1) is 0 Å². The molecule has 3 heteroatoms. The summed E-state index contributed by atoms with van der Waals surface area (Å²) in [6, 6.07) is 8.15. The Labute approximate surface area is 102 Å². The van der Waals surface area contributed by atoms with E-state index in [1.54, 1.807) is 0 Å². The Hall–Kier alpha value is -1.06. The smallest absolute Gasteiger partial charge is 0.213 e. The van der Waals surface area contributed by atoms with Crippen molar-refractivity contribution in [2.75, 3.05) is 13.1 Å². The Balaban J connectivity index is 1.79. The van der Waals surface area contributed by atoms with Crippen molar-refractivity contribution in [2.24, 2.45) is 0 Å². The summed E-state index contributed by atoms with van der Waals surface area (Å²) in [5.74, 6) is 0.841. The summed E-state index contributed by atoms with van der Waals surface area (Å²) < 4.78 is 5.61. The van der Waals surface area contributed by atoms with Crippen LogP contribution in [0.2, 0.25) is 0 Å². The number of piperidine rings is 1. The third-order valence-electron chi connectivity index (χ3n) is 3.84. The van der Waals surface area contributed by atoms with Crippen LogP contribution in [-0.2, 0) is 6.42 Å². The van der Waals surface area contributed by atoms with E-state index in [4.69, 9.17) is 4.74 Å². The van der Waals surface area contributed by atoms with Crippen LogP contribution in [0.3, 0.4) is 0 Å². The molecule has 0 spiro atoms. The number of benzene rings is 1. The number of aliphatic hydroxyl groups excluding tert-OH is 1. The zero-order valence-corrected chi connectivity index (χ0v) is 10.0. The Morgan fingerprint density at radius 3 is 2.71 bits per heavy atom. The molecule has 1 N–H and O–H groups in total.